The summed E-state index contributed by atoms with van der Waals surface area (Å²) in [6.07, 6.45) is 26.4. The molecule has 1 unspecified atom stereocenters. The molecule has 1 aromatic heterocycles. The van der Waals surface area contributed by atoms with E-state index in [9.17, 15) is 4.79 Å². The highest BCUT2D eigenvalue weighted by molar-refractivity contribution is 6.17. The average Bonchev–Trinajstić information content (AvgIpc) is 3.11. The number of allylic oxidation sites excluding steroid dienone is 11. The lowest BCUT2D eigenvalue weighted by Gasteiger charge is -2.33. The van der Waals surface area contributed by atoms with Crippen molar-refractivity contribution in [2.45, 2.75) is 52.6 Å². The van der Waals surface area contributed by atoms with Crippen LogP contribution in [-0.4, -0.2) is 58.8 Å². The SMILES string of the molecule is CCOC(=O)C1CCN(CC2C=CC(C3=N/Cn4nc(C)cc4/N=C\C/C=C\3C3=CC=CCC=C3)=CC2)CC1. The van der Waals surface area contributed by atoms with Crippen molar-refractivity contribution in [1.82, 2.24) is 14.7 Å². The van der Waals surface area contributed by atoms with Gasteiger partial charge in [0.25, 0.3) is 0 Å². The van der Waals surface area contributed by atoms with Gasteiger partial charge in [0.15, 0.2) is 5.82 Å². The molecule has 2 aliphatic heterocycles. The monoisotopic (exact) mass is 525 g/mol. The minimum atomic E-state index is -0.0320. The second kappa shape index (κ2) is 13.0. The van der Waals surface area contributed by atoms with Crippen LogP contribution < -0.4 is 0 Å². The summed E-state index contributed by atoms with van der Waals surface area (Å²) in [6.45, 7) is 7.65. The molecule has 1 atom stereocenters. The molecule has 204 valence electrons. The molecule has 2 aliphatic carbocycles. The van der Waals surface area contributed by atoms with Gasteiger partial charge >= 0.3 is 5.97 Å². The van der Waals surface area contributed by atoms with Crippen molar-refractivity contribution in [3.05, 3.63) is 83.2 Å². The van der Waals surface area contributed by atoms with Gasteiger partial charge in [-0.2, -0.15) is 5.10 Å². The molecule has 1 fully saturated rings. The van der Waals surface area contributed by atoms with Crippen LogP contribution in [-0.2, 0) is 16.2 Å². The molecule has 5 rings (SSSR count). The number of rotatable bonds is 6. The van der Waals surface area contributed by atoms with Crippen LogP contribution in [0.15, 0.2) is 87.5 Å². The van der Waals surface area contributed by atoms with Crippen LogP contribution in [0.25, 0.3) is 0 Å². The molecule has 0 aromatic carbocycles. The topological polar surface area (TPSA) is 72.1 Å². The predicted molar refractivity (Wildman–Crippen MR) is 157 cm³/mol. The molecule has 0 radical (unpaired) electrons. The molecule has 0 saturated carbocycles. The van der Waals surface area contributed by atoms with Crippen molar-refractivity contribution in [2.75, 3.05) is 26.2 Å². The Kier molecular flexibility index (Phi) is 8.99. The zero-order valence-electron chi connectivity index (χ0n) is 23.1. The van der Waals surface area contributed by atoms with Crippen LogP contribution in [0.1, 0.15) is 44.7 Å². The second-order valence-electron chi connectivity index (χ2n) is 10.5. The molecule has 1 aromatic rings. The Bertz CT molecular complexity index is 1300. The smallest absolute Gasteiger partial charge is 0.309 e. The number of aryl methyl sites for hydroxylation is 1. The number of piperidine rings is 1. The predicted octanol–water partition coefficient (Wildman–Crippen LogP) is 5.84. The summed E-state index contributed by atoms with van der Waals surface area (Å²) < 4.78 is 7.11. The van der Waals surface area contributed by atoms with Crippen LogP contribution in [0.4, 0.5) is 5.82 Å². The van der Waals surface area contributed by atoms with Gasteiger partial charge in [-0.05, 0) is 69.7 Å². The lowest BCUT2D eigenvalue weighted by atomic mass is 9.88. The van der Waals surface area contributed by atoms with Crippen molar-refractivity contribution in [1.29, 1.82) is 0 Å². The molecule has 39 heavy (non-hydrogen) atoms. The molecule has 1 saturated heterocycles. The summed E-state index contributed by atoms with van der Waals surface area (Å²) in [5.74, 6) is 1.31. The Morgan fingerprint density at radius 2 is 1.97 bits per heavy atom. The van der Waals surface area contributed by atoms with E-state index in [1.807, 2.05) is 30.8 Å². The van der Waals surface area contributed by atoms with E-state index in [2.05, 4.69) is 69.7 Å². The van der Waals surface area contributed by atoms with Gasteiger partial charge < -0.3 is 9.64 Å². The number of carbonyl (C=O) groups excluding carboxylic acids is 1. The maximum atomic E-state index is 12.1. The van der Waals surface area contributed by atoms with Crippen LogP contribution in [0, 0.1) is 18.8 Å². The van der Waals surface area contributed by atoms with Gasteiger partial charge in [0, 0.05) is 30.8 Å². The second-order valence-corrected chi connectivity index (χ2v) is 10.5. The highest BCUT2D eigenvalue weighted by atomic mass is 16.5. The Labute approximate surface area is 231 Å². The number of aromatic nitrogens is 2. The van der Waals surface area contributed by atoms with Crippen molar-refractivity contribution >= 4 is 23.7 Å². The largest absolute Gasteiger partial charge is 0.466 e. The standard InChI is InChI=1S/C32H39N5O2/c1-3-39-32(38)28-16-19-36(20-17-28)22-25-12-14-27(15-13-25)31-29(26-9-6-4-5-7-10-26)11-8-18-33-30-21-24(2)35-37(30)23-34-31/h4,6-7,9-12,14-15,18,21,25,28H,3,5,8,13,16-17,19-20,22-23H2,1-2H3/b29-11-,33-18-,34-31-. The number of ether oxygens (including phenoxy) is 1. The maximum absolute atomic E-state index is 12.1. The number of carbonyl (C=O) groups is 1. The number of likely N-dealkylation sites (tertiary alicyclic amines) is 1. The van der Waals surface area contributed by atoms with E-state index in [1.54, 1.807) is 0 Å². The highest BCUT2D eigenvalue weighted by Crippen LogP contribution is 2.28. The summed E-state index contributed by atoms with van der Waals surface area (Å²) >= 11 is 0. The first kappa shape index (κ1) is 27.0. The fourth-order valence-corrected chi connectivity index (χ4v) is 5.56. The van der Waals surface area contributed by atoms with E-state index in [0.29, 0.717) is 19.2 Å². The fourth-order valence-electron chi connectivity index (χ4n) is 5.56. The van der Waals surface area contributed by atoms with Crippen molar-refractivity contribution < 1.29 is 9.53 Å². The molecule has 7 heteroatoms. The molecule has 3 heterocycles. The van der Waals surface area contributed by atoms with Crippen LogP contribution in [0.3, 0.4) is 0 Å². The molecule has 0 amide bonds. The van der Waals surface area contributed by atoms with Gasteiger partial charge in [-0.3, -0.25) is 9.79 Å². The van der Waals surface area contributed by atoms with Crippen molar-refractivity contribution in [2.24, 2.45) is 21.8 Å². The van der Waals surface area contributed by atoms with E-state index in [-0.39, 0.29) is 11.9 Å². The third-order valence-electron chi connectivity index (χ3n) is 7.60. The molecule has 0 bridgehead atoms. The van der Waals surface area contributed by atoms with E-state index in [1.165, 1.54) is 0 Å². The Morgan fingerprint density at radius 1 is 1.10 bits per heavy atom. The van der Waals surface area contributed by atoms with Crippen molar-refractivity contribution in [3.8, 4) is 0 Å². The van der Waals surface area contributed by atoms with E-state index >= 15 is 0 Å². The van der Waals surface area contributed by atoms with Crippen LogP contribution in [0.2, 0.25) is 0 Å². The summed E-state index contributed by atoms with van der Waals surface area (Å²) in [7, 11) is 0. The molecule has 0 spiro atoms. The zero-order chi connectivity index (χ0) is 27.0. The lowest BCUT2D eigenvalue weighted by Crippen LogP contribution is -2.39. The maximum Gasteiger partial charge on any atom is 0.309 e. The molecular weight excluding hydrogens is 486 g/mol. The van der Waals surface area contributed by atoms with E-state index < -0.39 is 0 Å². The first-order valence-corrected chi connectivity index (χ1v) is 14.2. The minimum Gasteiger partial charge on any atom is -0.466 e. The third kappa shape index (κ3) is 6.90. The van der Waals surface area contributed by atoms with Gasteiger partial charge in [-0.1, -0.05) is 54.7 Å². The summed E-state index contributed by atoms with van der Waals surface area (Å²) in [5, 5.41) is 4.63. The quantitative estimate of drug-likeness (QED) is 0.437. The highest BCUT2D eigenvalue weighted by Gasteiger charge is 2.27. The molecule has 4 aliphatic rings. The Balaban J connectivity index is 1.32. The normalized spacial score (nSPS) is 25.8. The lowest BCUT2D eigenvalue weighted by molar-refractivity contribution is -0.149. The minimum absolute atomic E-state index is 0.0320. The van der Waals surface area contributed by atoms with Crippen LogP contribution in [0.5, 0.6) is 0 Å². The fraction of sp³-hybridized carbons (Fsp3) is 0.438. The number of aliphatic imine (C=N–C) groups is 2. The third-order valence-corrected chi connectivity index (χ3v) is 7.60. The number of hydrogen-bond acceptors (Lipinski definition) is 6. The molecular formula is C32H39N5O2. The summed E-state index contributed by atoms with van der Waals surface area (Å²) in [5.41, 5.74) is 5.39. The van der Waals surface area contributed by atoms with Crippen molar-refractivity contribution in [3.63, 3.8) is 0 Å². The first-order chi connectivity index (χ1) is 19.1. The van der Waals surface area contributed by atoms with Gasteiger partial charge in [0.05, 0.1) is 23.9 Å². The van der Waals surface area contributed by atoms with E-state index in [0.717, 1.165) is 85.7 Å². The van der Waals surface area contributed by atoms with Gasteiger partial charge in [-0.25, -0.2) is 9.67 Å². The number of hydrogen-bond donors (Lipinski definition) is 0. The average molecular weight is 526 g/mol. The summed E-state index contributed by atoms with van der Waals surface area (Å²) in [6, 6.07) is 2.00. The van der Waals surface area contributed by atoms with Gasteiger partial charge in [0.2, 0.25) is 0 Å². The number of nitrogens with zero attached hydrogens (tertiary/aromatic N) is 5. The zero-order valence-corrected chi connectivity index (χ0v) is 23.1. The first-order valence-electron chi connectivity index (χ1n) is 14.2. The van der Waals surface area contributed by atoms with Gasteiger partial charge in [-0.15, -0.1) is 0 Å². The Hall–Kier alpha value is -3.58. The Morgan fingerprint density at radius 3 is 2.77 bits per heavy atom. The number of esters is 1. The summed E-state index contributed by atoms with van der Waals surface area (Å²) in [4.78, 5) is 24.4. The molecule has 0 N–H and O–H groups in total. The number of fused-ring (bicyclic) bond motifs is 1. The van der Waals surface area contributed by atoms with Crippen LogP contribution >= 0.6 is 0 Å². The van der Waals surface area contributed by atoms with Gasteiger partial charge in [0.1, 0.15) is 6.67 Å². The van der Waals surface area contributed by atoms with E-state index in [4.69, 9.17) is 9.73 Å². The molecule has 7 nitrogen and oxygen atoms in total.